The second-order valence-electron chi connectivity index (χ2n) is 4.24. The molecule has 0 amide bonds. The van der Waals surface area contributed by atoms with E-state index in [2.05, 4.69) is 10.3 Å². The molecule has 0 fully saturated rings. The third-order valence-electron chi connectivity index (χ3n) is 2.67. The van der Waals surface area contributed by atoms with Crippen LogP contribution in [0.25, 0.3) is 0 Å². The summed E-state index contributed by atoms with van der Waals surface area (Å²) in [5, 5.41) is 3.56. The molecular weight excluding hydrogens is 305 g/mol. The van der Waals surface area contributed by atoms with Crippen molar-refractivity contribution < 1.29 is 18.0 Å². The molecule has 0 aliphatic carbocycles. The Balaban J connectivity index is 2.00. The van der Waals surface area contributed by atoms with Crippen LogP contribution in [0.3, 0.4) is 0 Å². The highest BCUT2D eigenvalue weighted by Gasteiger charge is 2.39. The van der Waals surface area contributed by atoms with E-state index in [1.807, 2.05) is 12.1 Å². The van der Waals surface area contributed by atoms with Crippen LogP contribution in [0.5, 0.6) is 0 Å². The molecule has 0 bridgehead atoms. The minimum absolute atomic E-state index is 0.378. The summed E-state index contributed by atoms with van der Waals surface area (Å²) in [4.78, 5) is 14.8. The van der Waals surface area contributed by atoms with Crippen molar-refractivity contribution in [1.82, 2.24) is 4.98 Å². The topological polar surface area (TPSA) is 42.0 Å². The van der Waals surface area contributed by atoms with Gasteiger partial charge in [-0.3, -0.25) is 4.79 Å². The lowest BCUT2D eigenvalue weighted by Crippen LogP contribution is -2.22. The van der Waals surface area contributed by atoms with E-state index in [1.165, 1.54) is 6.07 Å². The summed E-state index contributed by atoms with van der Waals surface area (Å²) >= 11 is 5.76. The summed E-state index contributed by atoms with van der Waals surface area (Å²) in [6, 6.07) is 9.52. The minimum atomic E-state index is -4.89. The summed E-state index contributed by atoms with van der Waals surface area (Å²) < 4.78 is 36.7. The van der Waals surface area contributed by atoms with Crippen molar-refractivity contribution in [3.8, 4) is 0 Å². The van der Waals surface area contributed by atoms with E-state index in [4.69, 9.17) is 11.6 Å². The first kappa shape index (κ1) is 15.3. The number of hydrogen-bond acceptors (Lipinski definition) is 3. The Kier molecular flexibility index (Phi) is 4.47. The molecule has 0 spiro atoms. The predicted molar refractivity (Wildman–Crippen MR) is 73.4 cm³/mol. The first-order valence-corrected chi connectivity index (χ1v) is 6.30. The van der Waals surface area contributed by atoms with E-state index < -0.39 is 17.5 Å². The molecule has 1 aromatic heterocycles. The first-order chi connectivity index (χ1) is 9.86. The number of carbonyl (C=O) groups is 1. The lowest BCUT2D eigenvalue weighted by Gasteiger charge is -2.08. The molecule has 110 valence electrons. The summed E-state index contributed by atoms with van der Waals surface area (Å²) in [6.45, 7) is 0.441. The third kappa shape index (κ3) is 4.19. The van der Waals surface area contributed by atoms with Crippen molar-refractivity contribution in [3.05, 3.63) is 58.7 Å². The smallest absolute Gasteiger partial charge is 0.366 e. The van der Waals surface area contributed by atoms with Crippen LogP contribution in [0.15, 0.2) is 42.6 Å². The number of Topliss-reactive ketones (excluding diaryl/α,β-unsaturated/α-hetero) is 1. The Hall–Kier alpha value is -2.08. The molecule has 1 heterocycles. The Morgan fingerprint density at radius 3 is 2.33 bits per heavy atom. The average molecular weight is 315 g/mol. The van der Waals surface area contributed by atoms with Gasteiger partial charge in [-0.05, 0) is 29.8 Å². The predicted octanol–water partition coefficient (Wildman–Crippen LogP) is 4.09. The second-order valence-corrected chi connectivity index (χ2v) is 4.68. The van der Waals surface area contributed by atoms with E-state index in [1.54, 1.807) is 12.1 Å². The van der Waals surface area contributed by atoms with Crippen LogP contribution in [0.2, 0.25) is 5.02 Å². The van der Waals surface area contributed by atoms with Crippen LogP contribution in [0.4, 0.5) is 19.0 Å². The van der Waals surface area contributed by atoms with Crippen LogP contribution in [0, 0.1) is 0 Å². The van der Waals surface area contributed by atoms with Gasteiger partial charge in [-0.1, -0.05) is 23.7 Å². The van der Waals surface area contributed by atoms with Crippen molar-refractivity contribution in [2.24, 2.45) is 0 Å². The maximum absolute atomic E-state index is 12.2. The molecule has 1 N–H and O–H groups in total. The number of benzene rings is 1. The number of anilines is 1. The van der Waals surface area contributed by atoms with Crippen molar-refractivity contribution in [2.75, 3.05) is 5.32 Å². The number of pyridine rings is 1. The van der Waals surface area contributed by atoms with Crippen molar-refractivity contribution >= 4 is 23.2 Å². The number of ketones is 1. The highest BCUT2D eigenvalue weighted by molar-refractivity contribution is 6.30. The molecule has 1 aromatic carbocycles. The largest absolute Gasteiger partial charge is 0.454 e. The number of alkyl halides is 3. The Morgan fingerprint density at radius 2 is 1.81 bits per heavy atom. The van der Waals surface area contributed by atoms with Crippen LogP contribution < -0.4 is 5.32 Å². The van der Waals surface area contributed by atoms with Crippen LogP contribution in [-0.4, -0.2) is 16.9 Å². The summed E-state index contributed by atoms with van der Waals surface area (Å²) in [7, 11) is 0. The number of rotatable bonds is 4. The standard InChI is InChI=1S/C14H10ClF3N2O/c15-11-4-1-9(2-5-11)7-19-12-6-3-10(8-20-12)13(21)14(16,17)18/h1-6,8H,7H2,(H,19,20). The Morgan fingerprint density at radius 1 is 1.14 bits per heavy atom. The van der Waals surface area contributed by atoms with Crippen molar-refractivity contribution in [3.63, 3.8) is 0 Å². The molecule has 0 aliphatic rings. The van der Waals surface area contributed by atoms with E-state index in [9.17, 15) is 18.0 Å². The maximum Gasteiger partial charge on any atom is 0.454 e. The molecule has 0 unspecified atom stereocenters. The summed E-state index contributed by atoms with van der Waals surface area (Å²) in [6.07, 6.45) is -3.99. The lowest BCUT2D eigenvalue weighted by molar-refractivity contribution is -0.0885. The Labute approximate surface area is 123 Å². The normalized spacial score (nSPS) is 11.2. The van der Waals surface area contributed by atoms with E-state index in [0.717, 1.165) is 17.8 Å². The average Bonchev–Trinajstić information content (AvgIpc) is 2.45. The zero-order valence-corrected chi connectivity index (χ0v) is 11.4. The summed E-state index contributed by atoms with van der Waals surface area (Å²) in [5.74, 6) is -1.53. The van der Waals surface area contributed by atoms with E-state index >= 15 is 0 Å². The molecule has 0 saturated heterocycles. The molecule has 7 heteroatoms. The second kappa shape index (κ2) is 6.13. The molecule has 0 aliphatic heterocycles. The zero-order valence-electron chi connectivity index (χ0n) is 10.6. The molecule has 0 saturated carbocycles. The molecule has 0 radical (unpaired) electrons. The minimum Gasteiger partial charge on any atom is -0.366 e. The summed E-state index contributed by atoms with van der Waals surface area (Å²) in [5.41, 5.74) is 0.455. The van der Waals surface area contributed by atoms with E-state index in [0.29, 0.717) is 17.4 Å². The number of nitrogens with one attached hydrogen (secondary N) is 1. The van der Waals surface area contributed by atoms with Gasteiger partial charge in [-0.25, -0.2) is 4.98 Å². The van der Waals surface area contributed by atoms with Gasteiger partial charge >= 0.3 is 6.18 Å². The SMILES string of the molecule is O=C(c1ccc(NCc2ccc(Cl)cc2)nc1)C(F)(F)F. The fraction of sp³-hybridized carbons (Fsp3) is 0.143. The number of nitrogens with zero attached hydrogens (tertiary/aromatic N) is 1. The molecular formula is C14H10ClF3N2O. The van der Waals surface area contributed by atoms with Gasteiger partial charge in [0.05, 0.1) is 0 Å². The lowest BCUT2D eigenvalue weighted by atomic mass is 10.2. The van der Waals surface area contributed by atoms with Crippen LogP contribution in [0.1, 0.15) is 15.9 Å². The van der Waals surface area contributed by atoms with Crippen LogP contribution in [-0.2, 0) is 6.54 Å². The number of halogens is 4. The van der Waals surface area contributed by atoms with Gasteiger partial charge < -0.3 is 5.32 Å². The first-order valence-electron chi connectivity index (χ1n) is 5.92. The highest BCUT2D eigenvalue weighted by Crippen LogP contribution is 2.21. The van der Waals surface area contributed by atoms with Gasteiger partial charge in [-0.2, -0.15) is 13.2 Å². The van der Waals surface area contributed by atoms with Gasteiger partial charge in [0.25, 0.3) is 5.78 Å². The fourth-order valence-electron chi connectivity index (χ4n) is 1.59. The number of carbonyl (C=O) groups excluding carboxylic acids is 1. The highest BCUT2D eigenvalue weighted by atomic mass is 35.5. The van der Waals surface area contributed by atoms with Gasteiger partial charge in [0, 0.05) is 23.3 Å². The maximum atomic E-state index is 12.2. The van der Waals surface area contributed by atoms with Crippen molar-refractivity contribution in [1.29, 1.82) is 0 Å². The monoisotopic (exact) mass is 314 g/mol. The third-order valence-corrected chi connectivity index (χ3v) is 2.92. The zero-order chi connectivity index (χ0) is 15.5. The number of hydrogen-bond donors (Lipinski definition) is 1. The quantitative estimate of drug-likeness (QED) is 0.864. The fourth-order valence-corrected chi connectivity index (χ4v) is 1.72. The number of aromatic nitrogens is 1. The molecule has 2 rings (SSSR count). The van der Waals surface area contributed by atoms with Gasteiger partial charge in [0.1, 0.15) is 5.82 Å². The molecule has 21 heavy (non-hydrogen) atoms. The molecule has 0 atom stereocenters. The van der Waals surface area contributed by atoms with Gasteiger partial charge in [0.2, 0.25) is 0 Å². The molecule has 3 nitrogen and oxygen atoms in total. The van der Waals surface area contributed by atoms with Gasteiger partial charge in [0.15, 0.2) is 0 Å². The van der Waals surface area contributed by atoms with Gasteiger partial charge in [-0.15, -0.1) is 0 Å². The Bertz CT molecular complexity index is 624. The van der Waals surface area contributed by atoms with Crippen molar-refractivity contribution in [2.45, 2.75) is 12.7 Å². The van der Waals surface area contributed by atoms with E-state index in [-0.39, 0.29) is 0 Å². The van der Waals surface area contributed by atoms with Crippen LogP contribution >= 0.6 is 11.6 Å². The molecule has 2 aromatic rings.